The monoisotopic (exact) mass is 483 g/mol. The fourth-order valence-electron chi connectivity index (χ4n) is 4.70. The van der Waals surface area contributed by atoms with Gasteiger partial charge in [-0.25, -0.2) is 0 Å². The Hall–Kier alpha value is -3.59. The Balaban J connectivity index is 1.24. The maximum Gasteiger partial charge on any atom is 0.255 e. The van der Waals surface area contributed by atoms with Gasteiger partial charge >= 0.3 is 0 Å². The first-order valence-corrected chi connectivity index (χ1v) is 11.7. The maximum absolute atomic E-state index is 13.0. The van der Waals surface area contributed by atoms with E-state index in [0.717, 1.165) is 16.7 Å². The van der Waals surface area contributed by atoms with Gasteiger partial charge in [0.15, 0.2) is 0 Å². The molecular formula is C25H23B2N3O6. The molecule has 2 aromatic rings. The molecule has 2 aromatic carbocycles. The van der Waals surface area contributed by atoms with E-state index >= 15 is 0 Å². The average Bonchev–Trinajstić information content (AvgIpc) is 3.17. The fourth-order valence-corrected chi connectivity index (χ4v) is 4.70. The molecule has 0 bridgehead atoms. The number of fused-ring (bicyclic) bond motifs is 1. The number of hydrogen-bond acceptors (Lipinski definition) is 6. The summed E-state index contributed by atoms with van der Waals surface area (Å²) in [6, 6.07) is 12.1. The minimum absolute atomic E-state index is 0.0487. The summed E-state index contributed by atoms with van der Waals surface area (Å²) in [4.78, 5) is 51.8. The molecule has 9 nitrogen and oxygen atoms in total. The van der Waals surface area contributed by atoms with E-state index in [0.29, 0.717) is 17.7 Å². The van der Waals surface area contributed by atoms with Gasteiger partial charge in [-0.1, -0.05) is 30.3 Å². The lowest BCUT2D eigenvalue weighted by Gasteiger charge is -2.43. The van der Waals surface area contributed by atoms with Gasteiger partial charge in [0.25, 0.3) is 5.91 Å². The van der Waals surface area contributed by atoms with Crippen LogP contribution < -0.4 is 10.1 Å². The molecule has 2 fully saturated rings. The summed E-state index contributed by atoms with van der Waals surface area (Å²) in [7, 11) is 12.0. The zero-order valence-corrected chi connectivity index (χ0v) is 19.6. The number of amides is 4. The molecule has 0 saturated carbocycles. The van der Waals surface area contributed by atoms with Crippen LogP contribution in [0.5, 0.6) is 5.75 Å². The van der Waals surface area contributed by atoms with Gasteiger partial charge in [0.1, 0.15) is 25.0 Å². The van der Waals surface area contributed by atoms with Gasteiger partial charge in [0.2, 0.25) is 17.7 Å². The number of carbonyl (C=O) groups excluding carboxylic acids is 4. The van der Waals surface area contributed by atoms with Crippen LogP contribution in [0.15, 0.2) is 42.5 Å². The Morgan fingerprint density at radius 2 is 1.81 bits per heavy atom. The van der Waals surface area contributed by atoms with Gasteiger partial charge in [-0.05, 0) is 35.0 Å². The molecule has 1 unspecified atom stereocenters. The molecule has 0 aliphatic carbocycles. The second kappa shape index (κ2) is 9.46. The van der Waals surface area contributed by atoms with Crippen LogP contribution in [0.25, 0.3) is 0 Å². The lowest BCUT2D eigenvalue weighted by Crippen LogP contribution is -2.60. The normalized spacial score (nSPS) is 21.4. The van der Waals surface area contributed by atoms with E-state index in [1.165, 1.54) is 9.80 Å². The van der Waals surface area contributed by atoms with Crippen molar-refractivity contribution < 1.29 is 28.7 Å². The SMILES string of the molecule is [B]C1([B])COCC(=O)N1Cc1ccc(COc2cccc3c2CN(C2CCC(=O)NC2=O)C3=O)cc1. The number of nitrogens with one attached hydrogen (secondary N) is 1. The zero-order chi connectivity index (χ0) is 25.4. The first-order valence-electron chi connectivity index (χ1n) is 11.7. The third-order valence-electron chi connectivity index (χ3n) is 6.66. The molecule has 36 heavy (non-hydrogen) atoms. The number of rotatable bonds is 6. The van der Waals surface area contributed by atoms with Crippen molar-refractivity contribution >= 4 is 39.3 Å². The van der Waals surface area contributed by atoms with Crippen molar-refractivity contribution in [1.82, 2.24) is 15.1 Å². The van der Waals surface area contributed by atoms with Crippen molar-refractivity contribution in [3.05, 3.63) is 64.7 Å². The second-order valence-electron chi connectivity index (χ2n) is 9.25. The standard InChI is InChI=1S/C25H23B2N3O6/c26-25(27)14-35-13-22(32)30(25)10-15-4-6-16(7-5-15)12-36-20-3-1-2-17-18(20)11-29(24(17)34)19-8-9-21(31)28-23(19)33/h1-7,19H,8-14H2,(H,28,31,33). The van der Waals surface area contributed by atoms with E-state index in [4.69, 9.17) is 25.2 Å². The van der Waals surface area contributed by atoms with Crippen LogP contribution in [0, 0.1) is 0 Å². The Morgan fingerprint density at radius 1 is 1.06 bits per heavy atom. The van der Waals surface area contributed by atoms with E-state index in [1.807, 2.05) is 24.3 Å². The summed E-state index contributed by atoms with van der Waals surface area (Å²) in [6.45, 7) is 0.782. The highest BCUT2D eigenvalue weighted by Gasteiger charge is 2.40. The summed E-state index contributed by atoms with van der Waals surface area (Å²) >= 11 is 0. The molecule has 1 N–H and O–H groups in total. The number of nitrogens with zero attached hydrogens (tertiary/aromatic N) is 2. The molecular weight excluding hydrogens is 460 g/mol. The predicted octanol–water partition coefficient (Wildman–Crippen LogP) is 0.376. The number of ether oxygens (including phenoxy) is 2. The summed E-state index contributed by atoms with van der Waals surface area (Å²) < 4.78 is 11.2. The molecule has 11 heteroatoms. The Kier molecular flexibility index (Phi) is 6.34. The van der Waals surface area contributed by atoms with Crippen molar-refractivity contribution in [2.75, 3.05) is 13.2 Å². The highest BCUT2D eigenvalue weighted by atomic mass is 16.5. The average molecular weight is 483 g/mol. The number of morpholine rings is 1. The van der Waals surface area contributed by atoms with Crippen LogP contribution in [0.4, 0.5) is 0 Å². The third kappa shape index (κ3) is 4.63. The highest BCUT2D eigenvalue weighted by Crippen LogP contribution is 2.34. The fraction of sp³-hybridized carbons (Fsp3) is 0.360. The van der Waals surface area contributed by atoms with Gasteiger partial charge in [0, 0.05) is 24.1 Å². The molecule has 3 heterocycles. The van der Waals surface area contributed by atoms with Gasteiger partial charge in [-0.15, -0.1) is 0 Å². The van der Waals surface area contributed by atoms with Gasteiger partial charge < -0.3 is 19.3 Å². The number of piperidine rings is 1. The third-order valence-corrected chi connectivity index (χ3v) is 6.66. The molecule has 3 aliphatic rings. The van der Waals surface area contributed by atoms with E-state index in [2.05, 4.69) is 5.32 Å². The van der Waals surface area contributed by atoms with E-state index in [9.17, 15) is 19.2 Å². The van der Waals surface area contributed by atoms with Crippen molar-refractivity contribution in [3.63, 3.8) is 0 Å². The molecule has 3 aliphatic heterocycles. The van der Waals surface area contributed by atoms with E-state index in [-0.39, 0.29) is 57.1 Å². The summed E-state index contributed by atoms with van der Waals surface area (Å²) in [5.41, 5.74) is 2.97. The van der Waals surface area contributed by atoms with Crippen LogP contribution in [0.1, 0.15) is 39.9 Å². The quantitative estimate of drug-likeness (QED) is 0.471. The lowest BCUT2D eigenvalue weighted by atomic mass is 9.60. The summed E-state index contributed by atoms with van der Waals surface area (Å²) in [6.07, 6.45) is 0.506. The number of hydrogen-bond donors (Lipinski definition) is 1. The Morgan fingerprint density at radius 3 is 2.53 bits per heavy atom. The van der Waals surface area contributed by atoms with Crippen molar-refractivity contribution in [3.8, 4) is 5.75 Å². The molecule has 180 valence electrons. The van der Waals surface area contributed by atoms with Crippen LogP contribution in [0.3, 0.4) is 0 Å². The predicted molar refractivity (Wildman–Crippen MR) is 129 cm³/mol. The largest absolute Gasteiger partial charge is 0.489 e. The van der Waals surface area contributed by atoms with Crippen LogP contribution in [-0.4, -0.2) is 73.7 Å². The first-order chi connectivity index (χ1) is 17.2. The topological polar surface area (TPSA) is 105 Å². The second-order valence-corrected chi connectivity index (χ2v) is 9.25. The number of benzene rings is 2. The van der Waals surface area contributed by atoms with E-state index < -0.39 is 17.3 Å². The smallest absolute Gasteiger partial charge is 0.255 e. The molecule has 4 radical (unpaired) electrons. The minimum atomic E-state index is -1.36. The van der Waals surface area contributed by atoms with Crippen molar-refractivity contribution in [2.24, 2.45) is 0 Å². The van der Waals surface area contributed by atoms with Crippen LogP contribution in [-0.2, 0) is 38.8 Å². The van der Waals surface area contributed by atoms with Gasteiger partial charge in [-0.2, -0.15) is 0 Å². The summed E-state index contributed by atoms with van der Waals surface area (Å²) in [5, 5.41) is 0.950. The minimum Gasteiger partial charge on any atom is -0.489 e. The Bertz CT molecular complexity index is 1230. The lowest BCUT2D eigenvalue weighted by molar-refractivity contribution is -0.147. The van der Waals surface area contributed by atoms with Crippen molar-refractivity contribution in [2.45, 2.75) is 43.9 Å². The first kappa shape index (κ1) is 24.1. The molecule has 2 saturated heterocycles. The van der Waals surface area contributed by atoms with Crippen LogP contribution in [0.2, 0.25) is 0 Å². The van der Waals surface area contributed by atoms with E-state index in [1.54, 1.807) is 18.2 Å². The Labute approximate surface area is 210 Å². The molecule has 1 atom stereocenters. The molecule has 0 aromatic heterocycles. The molecule has 0 spiro atoms. The van der Waals surface area contributed by atoms with Gasteiger partial charge in [-0.3, -0.25) is 24.5 Å². The van der Waals surface area contributed by atoms with Gasteiger partial charge in [0.05, 0.1) is 28.8 Å². The molecule has 5 rings (SSSR count). The number of imide groups is 1. The maximum atomic E-state index is 13.0. The zero-order valence-electron chi connectivity index (χ0n) is 19.6. The molecule has 4 amide bonds. The highest BCUT2D eigenvalue weighted by molar-refractivity contribution is 6.41. The number of carbonyl (C=O) groups is 4. The summed E-state index contributed by atoms with van der Waals surface area (Å²) in [5.74, 6) is -0.720. The van der Waals surface area contributed by atoms with Crippen LogP contribution >= 0.6 is 0 Å². The van der Waals surface area contributed by atoms with Crippen molar-refractivity contribution in [1.29, 1.82) is 0 Å².